The lowest BCUT2D eigenvalue weighted by atomic mass is 9.98. The van der Waals surface area contributed by atoms with Gasteiger partial charge in [0.2, 0.25) is 5.69 Å². The fourth-order valence-corrected chi connectivity index (χ4v) is 2.97. The van der Waals surface area contributed by atoms with Crippen LogP contribution in [-0.4, -0.2) is 0 Å². The van der Waals surface area contributed by atoms with Gasteiger partial charge in [-0.1, -0.05) is 43.7 Å². The predicted molar refractivity (Wildman–Crippen MR) is 88.8 cm³/mol. The highest BCUT2D eigenvalue weighted by Crippen LogP contribution is 2.37. The topological polar surface area (TPSA) is 3.88 Å². The maximum absolute atomic E-state index is 2.33. The number of allylic oxidation sites excluding steroid dienone is 2. The molecule has 0 radical (unpaired) electrons. The van der Waals surface area contributed by atoms with E-state index in [4.69, 9.17) is 0 Å². The van der Waals surface area contributed by atoms with Gasteiger partial charge in [-0.25, -0.2) is 4.57 Å². The smallest absolute Gasteiger partial charge is 0.201 e. The first-order valence-corrected chi connectivity index (χ1v) is 7.82. The highest BCUT2D eigenvalue weighted by Gasteiger charge is 2.25. The first-order chi connectivity index (χ1) is 10.0. The second-order valence-corrected chi connectivity index (χ2v) is 6.65. The number of hydrogen-bond donors (Lipinski definition) is 0. The molecule has 1 aliphatic carbocycles. The van der Waals surface area contributed by atoms with Gasteiger partial charge in [0.05, 0.1) is 0 Å². The van der Waals surface area contributed by atoms with Crippen molar-refractivity contribution in [2.75, 3.05) is 0 Å². The van der Waals surface area contributed by atoms with Crippen LogP contribution in [-0.2, 0) is 13.5 Å². The molecule has 1 nitrogen and oxygen atoms in total. The van der Waals surface area contributed by atoms with Crippen molar-refractivity contribution in [1.29, 1.82) is 0 Å². The highest BCUT2D eigenvalue weighted by atomic mass is 14.9. The SMILES string of the molecule is CC1=C(c2ccc(-c3cccc(CC(C)C)c3)c[n+]2C)C1. The Balaban J connectivity index is 1.92. The lowest BCUT2D eigenvalue weighted by molar-refractivity contribution is -0.673. The zero-order valence-electron chi connectivity index (χ0n) is 13.5. The zero-order chi connectivity index (χ0) is 15.0. The molecule has 1 heteroatoms. The van der Waals surface area contributed by atoms with Crippen LogP contribution in [0.3, 0.4) is 0 Å². The molecule has 3 rings (SSSR count). The molecule has 1 aliphatic rings. The number of aryl methyl sites for hydroxylation is 1. The minimum Gasteiger partial charge on any atom is -0.201 e. The molecule has 1 aromatic carbocycles. The largest absolute Gasteiger partial charge is 0.208 e. The van der Waals surface area contributed by atoms with E-state index in [1.54, 1.807) is 0 Å². The fraction of sp³-hybridized carbons (Fsp3) is 0.350. The Kier molecular flexibility index (Phi) is 3.67. The van der Waals surface area contributed by atoms with E-state index >= 15 is 0 Å². The van der Waals surface area contributed by atoms with E-state index < -0.39 is 0 Å². The van der Waals surface area contributed by atoms with Crippen LogP contribution in [0.5, 0.6) is 0 Å². The number of nitrogens with zero attached hydrogens (tertiary/aromatic N) is 1. The molecule has 0 bridgehead atoms. The Morgan fingerprint density at radius 1 is 1.10 bits per heavy atom. The summed E-state index contributed by atoms with van der Waals surface area (Å²) in [4.78, 5) is 0. The molecule has 0 saturated heterocycles. The van der Waals surface area contributed by atoms with Gasteiger partial charge in [0.15, 0.2) is 6.20 Å². The average molecular weight is 278 g/mol. The van der Waals surface area contributed by atoms with Crippen molar-refractivity contribution in [1.82, 2.24) is 0 Å². The molecule has 21 heavy (non-hydrogen) atoms. The Morgan fingerprint density at radius 3 is 2.48 bits per heavy atom. The summed E-state index contributed by atoms with van der Waals surface area (Å²) < 4.78 is 2.26. The second-order valence-electron chi connectivity index (χ2n) is 6.65. The van der Waals surface area contributed by atoms with Gasteiger partial charge in [-0.2, -0.15) is 0 Å². The quantitative estimate of drug-likeness (QED) is 0.722. The number of benzene rings is 1. The van der Waals surface area contributed by atoms with E-state index in [1.165, 1.54) is 40.0 Å². The van der Waals surface area contributed by atoms with Crippen LogP contribution < -0.4 is 4.57 Å². The van der Waals surface area contributed by atoms with Crippen molar-refractivity contribution in [3.63, 3.8) is 0 Å². The first-order valence-electron chi connectivity index (χ1n) is 7.82. The Labute approximate surface area is 128 Å². The van der Waals surface area contributed by atoms with Gasteiger partial charge < -0.3 is 0 Å². The van der Waals surface area contributed by atoms with Crippen LogP contribution in [0.15, 0.2) is 48.2 Å². The third-order valence-corrected chi connectivity index (χ3v) is 4.18. The number of hydrogen-bond acceptors (Lipinski definition) is 0. The van der Waals surface area contributed by atoms with Crippen molar-refractivity contribution in [3.05, 3.63) is 59.4 Å². The maximum atomic E-state index is 2.33. The fourth-order valence-electron chi connectivity index (χ4n) is 2.97. The average Bonchev–Trinajstić information content (AvgIpc) is 3.15. The molecule has 1 heterocycles. The van der Waals surface area contributed by atoms with Gasteiger partial charge in [-0.15, -0.1) is 0 Å². The highest BCUT2D eigenvalue weighted by molar-refractivity contribution is 5.79. The summed E-state index contributed by atoms with van der Waals surface area (Å²) in [5.74, 6) is 0.698. The summed E-state index contributed by atoms with van der Waals surface area (Å²) in [5.41, 5.74) is 8.43. The Bertz CT molecular complexity index is 708. The molecule has 0 spiro atoms. The zero-order valence-corrected chi connectivity index (χ0v) is 13.5. The normalized spacial score (nSPS) is 14.0. The molecule has 0 saturated carbocycles. The summed E-state index contributed by atoms with van der Waals surface area (Å²) in [7, 11) is 2.15. The lowest BCUT2D eigenvalue weighted by Gasteiger charge is -2.07. The van der Waals surface area contributed by atoms with Gasteiger partial charge >= 0.3 is 0 Å². The maximum Gasteiger partial charge on any atom is 0.208 e. The van der Waals surface area contributed by atoms with Crippen LogP contribution in [0, 0.1) is 5.92 Å². The van der Waals surface area contributed by atoms with Crippen molar-refractivity contribution in [2.45, 2.75) is 33.6 Å². The molecular weight excluding hydrogens is 254 g/mol. The molecule has 0 unspecified atom stereocenters. The minimum atomic E-state index is 0.698. The van der Waals surface area contributed by atoms with E-state index in [0.29, 0.717) is 5.92 Å². The molecular formula is C20H24N+. The van der Waals surface area contributed by atoms with E-state index in [-0.39, 0.29) is 0 Å². The molecule has 0 aliphatic heterocycles. The number of pyridine rings is 1. The summed E-state index contributed by atoms with van der Waals surface area (Å²) in [6.45, 7) is 6.76. The summed E-state index contributed by atoms with van der Waals surface area (Å²) in [6, 6.07) is 13.5. The summed E-state index contributed by atoms with van der Waals surface area (Å²) in [5, 5.41) is 0. The van der Waals surface area contributed by atoms with Gasteiger partial charge in [0.25, 0.3) is 0 Å². The lowest BCUT2D eigenvalue weighted by Crippen LogP contribution is -2.31. The van der Waals surface area contributed by atoms with Gasteiger partial charge in [0, 0.05) is 23.6 Å². The van der Waals surface area contributed by atoms with E-state index in [2.05, 4.69) is 75.0 Å². The molecule has 0 fully saturated rings. The molecule has 0 N–H and O–H groups in total. The van der Waals surface area contributed by atoms with Crippen molar-refractivity contribution in [3.8, 4) is 11.1 Å². The van der Waals surface area contributed by atoms with Crippen LogP contribution in [0.25, 0.3) is 16.7 Å². The van der Waals surface area contributed by atoms with Crippen molar-refractivity contribution >= 4 is 5.57 Å². The third-order valence-electron chi connectivity index (χ3n) is 4.18. The minimum absolute atomic E-state index is 0.698. The molecule has 108 valence electrons. The number of rotatable bonds is 4. The van der Waals surface area contributed by atoms with Crippen LogP contribution in [0.4, 0.5) is 0 Å². The van der Waals surface area contributed by atoms with Gasteiger partial charge in [0.1, 0.15) is 7.05 Å². The van der Waals surface area contributed by atoms with E-state index in [0.717, 1.165) is 6.42 Å². The van der Waals surface area contributed by atoms with Crippen LogP contribution in [0.1, 0.15) is 38.4 Å². The van der Waals surface area contributed by atoms with Crippen molar-refractivity contribution < 1.29 is 4.57 Å². The monoisotopic (exact) mass is 278 g/mol. The van der Waals surface area contributed by atoms with Gasteiger partial charge in [-0.3, -0.25) is 0 Å². The number of aromatic nitrogens is 1. The standard InChI is InChI=1S/C20H24N/c1-14(2)10-16-6-5-7-17(12-16)18-8-9-20(21(4)13-18)19-11-15(19)3/h5-9,12-14H,10-11H2,1-4H3/q+1. The molecule has 0 amide bonds. The van der Waals surface area contributed by atoms with Crippen molar-refractivity contribution in [2.24, 2.45) is 13.0 Å². The Morgan fingerprint density at radius 2 is 1.86 bits per heavy atom. The Hall–Kier alpha value is -1.89. The first kappa shape index (κ1) is 14.1. The summed E-state index contributed by atoms with van der Waals surface area (Å²) in [6.07, 6.45) is 4.57. The molecule has 1 aromatic heterocycles. The second kappa shape index (κ2) is 5.48. The van der Waals surface area contributed by atoms with E-state index in [9.17, 15) is 0 Å². The molecule has 0 atom stereocenters. The van der Waals surface area contributed by atoms with Crippen LogP contribution >= 0.6 is 0 Å². The van der Waals surface area contributed by atoms with Crippen LogP contribution in [0.2, 0.25) is 0 Å². The third kappa shape index (κ3) is 3.07. The van der Waals surface area contributed by atoms with E-state index in [1.807, 2.05) is 0 Å². The van der Waals surface area contributed by atoms with Gasteiger partial charge in [-0.05, 0) is 36.5 Å². The predicted octanol–water partition coefficient (Wildman–Crippen LogP) is 4.55. The molecule has 2 aromatic rings. The summed E-state index contributed by atoms with van der Waals surface area (Å²) >= 11 is 0.